The number of nitrogens with one attached hydrogen (secondary N) is 1. The van der Waals surface area contributed by atoms with Gasteiger partial charge in [-0.2, -0.15) is 5.10 Å². The topological polar surface area (TPSA) is 93.0 Å². The molecule has 1 amide bonds. The number of likely N-dealkylation sites (tertiary alicyclic amines) is 1. The van der Waals surface area contributed by atoms with Crippen molar-refractivity contribution in [1.82, 2.24) is 24.2 Å². The number of hydrogen-bond acceptors (Lipinski definition) is 4. The lowest BCUT2D eigenvalue weighted by Crippen LogP contribution is -2.45. The lowest BCUT2D eigenvalue weighted by Gasteiger charge is -2.32. The SMILES string of the molecule is Cc1c(C(=O)N2CCC(n3c(=O)[nH]c4ccccc4c3=O)CC2)cnn1-c1ccccc1. The monoisotopic (exact) mass is 429 g/mol. The maximum Gasteiger partial charge on any atom is 0.329 e. The number of aromatic nitrogens is 4. The van der Waals surface area contributed by atoms with E-state index in [9.17, 15) is 14.4 Å². The van der Waals surface area contributed by atoms with Gasteiger partial charge in [-0.05, 0) is 44.0 Å². The largest absolute Gasteiger partial charge is 0.338 e. The zero-order chi connectivity index (χ0) is 22.2. The van der Waals surface area contributed by atoms with Crippen molar-refractivity contribution in [2.24, 2.45) is 0 Å². The van der Waals surface area contributed by atoms with Crippen LogP contribution in [0.1, 0.15) is 34.9 Å². The van der Waals surface area contributed by atoms with E-state index in [0.29, 0.717) is 42.4 Å². The fourth-order valence-corrected chi connectivity index (χ4v) is 4.45. The number of piperidine rings is 1. The molecule has 0 atom stereocenters. The molecule has 1 saturated heterocycles. The van der Waals surface area contributed by atoms with Crippen molar-refractivity contribution in [2.45, 2.75) is 25.8 Å². The van der Waals surface area contributed by atoms with Crippen molar-refractivity contribution in [1.29, 1.82) is 0 Å². The van der Waals surface area contributed by atoms with Gasteiger partial charge in [-0.3, -0.25) is 14.2 Å². The quantitative estimate of drug-likeness (QED) is 0.542. The van der Waals surface area contributed by atoms with E-state index in [1.807, 2.05) is 37.3 Å². The van der Waals surface area contributed by atoms with Gasteiger partial charge in [0.2, 0.25) is 0 Å². The van der Waals surface area contributed by atoms with Gasteiger partial charge >= 0.3 is 5.69 Å². The van der Waals surface area contributed by atoms with Crippen molar-refractivity contribution >= 4 is 16.8 Å². The predicted molar refractivity (Wildman–Crippen MR) is 121 cm³/mol. The number of para-hydroxylation sites is 2. The minimum absolute atomic E-state index is 0.0806. The lowest BCUT2D eigenvalue weighted by molar-refractivity contribution is 0.0691. The summed E-state index contributed by atoms with van der Waals surface area (Å²) in [4.78, 5) is 43.2. The summed E-state index contributed by atoms with van der Waals surface area (Å²) in [5.41, 5.74) is 2.10. The minimum Gasteiger partial charge on any atom is -0.338 e. The van der Waals surface area contributed by atoms with E-state index in [4.69, 9.17) is 0 Å². The Labute approximate surface area is 183 Å². The zero-order valence-electron chi connectivity index (χ0n) is 17.7. The maximum atomic E-state index is 13.2. The molecule has 0 saturated carbocycles. The molecule has 162 valence electrons. The molecule has 8 heteroatoms. The first kappa shape index (κ1) is 20.0. The molecule has 32 heavy (non-hydrogen) atoms. The number of fused-ring (bicyclic) bond motifs is 1. The van der Waals surface area contributed by atoms with Gasteiger partial charge in [-0.15, -0.1) is 0 Å². The van der Waals surface area contributed by atoms with Crippen LogP contribution in [0.2, 0.25) is 0 Å². The summed E-state index contributed by atoms with van der Waals surface area (Å²) in [6.45, 7) is 2.82. The van der Waals surface area contributed by atoms with E-state index in [1.54, 1.807) is 40.0 Å². The van der Waals surface area contributed by atoms with Crippen LogP contribution in [0.15, 0.2) is 70.4 Å². The molecule has 0 bridgehead atoms. The molecule has 0 spiro atoms. The van der Waals surface area contributed by atoms with Gasteiger partial charge < -0.3 is 9.88 Å². The normalized spacial score (nSPS) is 14.7. The molecule has 5 rings (SSSR count). The predicted octanol–water partition coefficient (Wildman–Crippen LogP) is 2.66. The van der Waals surface area contributed by atoms with Crippen LogP contribution < -0.4 is 11.2 Å². The third-order valence-corrected chi connectivity index (χ3v) is 6.19. The minimum atomic E-state index is -0.404. The van der Waals surface area contributed by atoms with E-state index in [0.717, 1.165) is 11.4 Å². The molecule has 8 nitrogen and oxygen atoms in total. The van der Waals surface area contributed by atoms with E-state index >= 15 is 0 Å². The van der Waals surface area contributed by atoms with Gasteiger partial charge in [-0.25, -0.2) is 9.48 Å². The molecular weight excluding hydrogens is 406 g/mol. The number of benzene rings is 2. The Balaban J connectivity index is 1.35. The number of rotatable bonds is 3. The number of hydrogen-bond donors (Lipinski definition) is 1. The molecule has 1 aliphatic rings. The summed E-state index contributed by atoms with van der Waals surface area (Å²) in [7, 11) is 0. The second-order valence-electron chi connectivity index (χ2n) is 8.07. The zero-order valence-corrected chi connectivity index (χ0v) is 17.7. The standard InChI is InChI=1S/C24H23N5O3/c1-16-20(15-25-29(16)18-7-3-2-4-8-18)22(30)27-13-11-17(12-14-27)28-23(31)19-9-5-6-10-21(19)26-24(28)32/h2-10,15,17H,11-14H2,1H3,(H,26,32). The Kier molecular flexibility index (Phi) is 4.97. The second-order valence-corrected chi connectivity index (χ2v) is 8.07. The third kappa shape index (κ3) is 3.33. The lowest BCUT2D eigenvalue weighted by atomic mass is 10.0. The van der Waals surface area contributed by atoms with Crippen LogP contribution in [-0.2, 0) is 0 Å². The highest BCUT2D eigenvalue weighted by Gasteiger charge is 2.28. The highest BCUT2D eigenvalue weighted by Crippen LogP contribution is 2.23. The van der Waals surface area contributed by atoms with E-state index in [2.05, 4.69) is 10.1 Å². The van der Waals surface area contributed by atoms with Crippen molar-refractivity contribution in [3.05, 3.63) is 92.9 Å². The number of nitrogens with zero attached hydrogens (tertiary/aromatic N) is 4. The molecule has 0 aliphatic carbocycles. The highest BCUT2D eigenvalue weighted by molar-refractivity contribution is 5.95. The van der Waals surface area contributed by atoms with Crippen LogP contribution in [0.25, 0.3) is 16.6 Å². The summed E-state index contributed by atoms with van der Waals surface area (Å²) in [6, 6.07) is 16.4. The molecule has 3 heterocycles. The maximum absolute atomic E-state index is 13.2. The van der Waals surface area contributed by atoms with Crippen molar-refractivity contribution < 1.29 is 4.79 Å². The molecule has 2 aromatic carbocycles. The van der Waals surface area contributed by atoms with Crippen LogP contribution in [0, 0.1) is 6.92 Å². The molecule has 1 fully saturated rings. The smallest absolute Gasteiger partial charge is 0.329 e. The fraction of sp³-hybridized carbons (Fsp3) is 0.250. The van der Waals surface area contributed by atoms with Crippen LogP contribution >= 0.6 is 0 Å². The summed E-state index contributed by atoms with van der Waals surface area (Å²) >= 11 is 0. The Bertz CT molecular complexity index is 1410. The molecule has 0 unspecified atom stereocenters. The number of carbonyl (C=O) groups is 1. The van der Waals surface area contributed by atoms with Gasteiger partial charge in [0, 0.05) is 19.1 Å². The number of H-pyrrole nitrogens is 1. The number of aromatic amines is 1. The first-order valence-electron chi connectivity index (χ1n) is 10.7. The first-order chi connectivity index (χ1) is 15.5. The molecule has 4 aromatic rings. The third-order valence-electron chi connectivity index (χ3n) is 6.19. The van der Waals surface area contributed by atoms with E-state index in [1.165, 1.54) is 4.57 Å². The summed E-state index contributed by atoms with van der Waals surface area (Å²) in [5, 5.41) is 4.89. The first-order valence-corrected chi connectivity index (χ1v) is 10.7. The van der Waals surface area contributed by atoms with Gasteiger partial charge in [0.25, 0.3) is 11.5 Å². The molecule has 0 radical (unpaired) electrons. The van der Waals surface area contributed by atoms with E-state index in [-0.39, 0.29) is 17.5 Å². The van der Waals surface area contributed by atoms with Crippen molar-refractivity contribution in [2.75, 3.05) is 13.1 Å². The Morgan fingerprint density at radius 2 is 1.69 bits per heavy atom. The van der Waals surface area contributed by atoms with Crippen LogP contribution in [0.5, 0.6) is 0 Å². The van der Waals surface area contributed by atoms with Gasteiger partial charge in [0.15, 0.2) is 0 Å². The summed E-state index contributed by atoms with van der Waals surface area (Å²) in [5.74, 6) is -0.0806. The Morgan fingerprint density at radius 3 is 2.44 bits per heavy atom. The van der Waals surface area contributed by atoms with Gasteiger partial charge in [0.1, 0.15) is 0 Å². The molecule has 1 N–H and O–H groups in total. The summed E-state index contributed by atoms with van der Waals surface area (Å²) in [6.07, 6.45) is 2.69. The second kappa shape index (κ2) is 7.96. The van der Waals surface area contributed by atoms with Gasteiger partial charge in [0.05, 0.1) is 34.0 Å². The molecule has 1 aliphatic heterocycles. The van der Waals surface area contributed by atoms with Crippen LogP contribution in [0.3, 0.4) is 0 Å². The van der Waals surface area contributed by atoms with Gasteiger partial charge in [-0.1, -0.05) is 30.3 Å². The Hall–Kier alpha value is -3.94. The molecular formula is C24H23N5O3. The number of carbonyl (C=O) groups excluding carboxylic acids is 1. The van der Waals surface area contributed by atoms with Crippen molar-refractivity contribution in [3.8, 4) is 5.69 Å². The van der Waals surface area contributed by atoms with Crippen molar-refractivity contribution in [3.63, 3.8) is 0 Å². The average Bonchev–Trinajstić information content (AvgIpc) is 3.21. The summed E-state index contributed by atoms with van der Waals surface area (Å²) < 4.78 is 3.07. The number of amides is 1. The Morgan fingerprint density at radius 1 is 1.00 bits per heavy atom. The molecule has 2 aromatic heterocycles. The van der Waals surface area contributed by atoms with E-state index < -0.39 is 5.69 Å². The van der Waals surface area contributed by atoms with Crippen LogP contribution in [0.4, 0.5) is 0 Å². The van der Waals surface area contributed by atoms with Crippen LogP contribution in [-0.4, -0.2) is 43.2 Å². The fourth-order valence-electron chi connectivity index (χ4n) is 4.45. The average molecular weight is 429 g/mol. The highest BCUT2D eigenvalue weighted by atomic mass is 16.2.